The van der Waals surface area contributed by atoms with Crippen molar-refractivity contribution < 1.29 is 19.1 Å². The molecule has 4 nitrogen and oxygen atoms in total. The van der Waals surface area contributed by atoms with Crippen LogP contribution in [-0.2, 0) is 4.79 Å². The highest BCUT2D eigenvalue weighted by molar-refractivity contribution is 5.95. The maximum absolute atomic E-state index is 13.7. The van der Waals surface area contributed by atoms with Gasteiger partial charge in [-0.25, -0.2) is 9.18 Å². The topological polar surface area (TPSA) is 57.6 Å². The third kappa shape index (κ3) is 4.50. The van der Waals surface area contributed by atoms with E-state index in [9.17, 15) is 14.0 Å². The van der Waals surface area contributed by atoms with Crippen LogP contribution in [0.4, 0.5) is 4.39 Å². The van der Waals surface area contributed by atoms with Crippen molar-refractivity contribution in [2.75, 3.05) is 13.6 Å². The molecule has 0 aliphatic rings. The van der Waals surface area contributed by atoms with Crippen LogP contribution in [-0.4, -0.2) is 35.5 Å². The minimum absolute atomic E-state index is 0.0549. The first kappa shape index (κ1) is 15.9. The van der Waals surface area contributed by atoms with Crippen molar-refractivity contribution in [3.63, 3.8) is 0 Å². The quantitative estimate of drug-likeness (QED) is 0.843. The van der Waals surface area contributed by atoms with E-state index < -0.39 is 17.7 Å². The molecule has 0 spiro atoms. The Morgan fingerprint density at radius 1 is 1.40 bits per heavy atom. The average Bonchev–Trinajstić information content (AvgIpc) is 2.36. The van der Waals surface area contributed by atoms with Crippen molar-refractivity contribution in [2.24, 2.45) is 5.92 Å². The number of rotatable bonds is 5. The van der Waals surface area contributed by atoms with Gasteiger partial charge in [0.2, 0.25) is 0 Å². The fourth-order valence-corrected chi connectivity index (χ4v) is 1.81. The number of carbonyl (C=O) groups excluding carboxylic acids is 1. The van der Waals surface area contributed by atoms with Gasteiger partial charge < -0.3 is 10.0 Å². The van der Waals surface area contributed by atoms with E-state index in [1.165, 1.54) is 23.1 Å². The normalized spacial score (nSPS) is 11.1. The Balaban J connectivity index is 3.02. The molecular weight excluding hydrogens is 261 g/mol. The molecule has 0 saturated heterocycles. The van der Waals surface area contributed by atoms with Crippen LogP contribution < -0.4 is 0 Å². The molecule has 0 heterocycles. The van der Waals surface area contributed by atoms with Gasteiger partial charge in [-0.3, -0.25) is 4.79 Å². The van der Waals surface area contributed by atoms with Crippen LogP contribution in [0.25, 0.3) is 6.08 Å². The molecule has 0 aliphatic heterocycles. The summed E-state index contributed by atoms with van der Waals surface area (Å²) in [5.41, 5.74) is 0.413. The molecule has 0 atom stereocenters. The fraction of sp³-hybridized carbons (Fsp3) is 0.333. The van der Waals surface area contributed by atoms with Gasteiger partial charge in [0.15, 0.2) is 0 Å². The number of halogens is 1. The number of carboxylic acid groups (broad SMARTS) is 1. The Bertz CT molecular complexity index is 538. The Morgan fingerprint density at radius 3 is 2.60 bits per heavy atom. The molecule has 1 aromatic rings. The number of amides is 1. The van der Waals surface area contributed by atoms with Crippen molar-refractivity contribution in [1.82, 2.24) is 4.90 Å². The maximum atomic E-state index is 13.7. The van der Waals surface area contributed by atoms with Gasteiger partial charge in [-0.2, -0.15) is 0 Å². The van der Waals surface area contributed by atoms with Gasteiger partial charge in [0.25, 0.3) is 5.91 Å². The number of carboxylic acids is 1. The number of hydrogen-bond donors (Lipinski definition) is 1. The average molecular weight is 279 g/mol. The predicted octanol–water partition coefficient (Wildman–Crippen LogP) is 2.65. The molecule has 0 bridgehead atoms. The number of carbonyl (C=O) groups is 2. The molecule has 0 saturated carbocycles. The Kier molecular flexibility index (Phi) is 5.43. The summed E-state index contributed by atoms with van der Waals surface area (Å²) in [7, 11) is 1.61. The maximum Gasteiger partial charge on any atom is 0.328 e. The first-order chi connectivity index (χ1) is 9.31. The zero-order valence-corrected chi connectivity index (χ0v) is 11.8. The molecule has 1 aromatic carbocycles. The largest absolute Gasteiger partial charge is 0.478 e. The van der Waals surface area contributed by atoms with Crippen molar-refractivity contribution >= 4 is 18.0 Å². The van der Waals surface area contributed by atoms with Crippen molar-refractivity contribution in [1.29, 1.82) is 0 Å². The van der Waals surface area contributed by atoms with E-state index in [0.717, 1.165) is 12.1 Å². The molecule has 0 radical (unpaired) electrons. The second kappa shape index (κ2) is 6.84. The molecular formula is C15H18FNO3. The van der Waals surface area contributed by atoms with Crippen LogP contribution in [0, 0.1) is 11.7 Å². The lowest BCUT2D eigenvalue weighted by Gasteiger charge is -2.19. The Hall–Kier alpha value is -2.17. The number of hydrogen-bond acceptors (Lipinski definition) is 2. The van der Waals surface area contributed by atoms with E-state index in [4.69, 9.17) is 5.11 Å². The molecule has 1 amide bonds. The van der Waals surface area contributed by atoms with Gasteiger partial charge in [-0.05, 0) is 29.7 Å². The smallest absolute Gasteiger partial charge is 0.328 e. The molecule has 0 fully saturated rings. The van der Waals surface area contributed by atoms with E-state index in [0.29, 0.717) is 12.1 Å². The Morgan fingerprint density at radius 2 is 2.05 bits per heavy atom. The lowest BCUT2D eigenvalue weighted by molar-refractivity contribution is -0.131. The summed E-state index contributed by atoms with van der Waals surface area (Å²) in [6, 6.07) is 3.94. The van der Waals surface area contributed by atoms with Gasteiger partial charge in [-0.15, -0.1) is 0 Å². The molecule has 1 rings (SSSR count). The van der Waals surface area contributed by atoms with Gasteiger partial charge in [0.05, 0.1) is 5.56 Å². The van der Waals surface area contributed by atoms with Gasteiger partial charge in [0, 0.05) is 19.7 Å². The molecule has 5 heteroatoms. The van der Waals surface area contributed by atoms with Gasteiger partial charge >= 0.3 is 5.97 Å². The highest BCUT2D eigenvalue weighted by atomic mass is 19.1. The van der Waals surface area contributed by atoms with E-state index in [2.05, 4.69) is 0 Å². The lowest BCUT2D eigenvalue weighted by Crippen LogP contribution is -2.30. The summed E-state index contributed by atoms with van der Waals surface area (Å²) in [6.07, 6.45) is 2.26. The van der Waals surface area contributed by atoms with E-state index in [1.807, 2.05) is 13.8 Å². The van der Waals surface area contributed by atoms with Gasteiger partial charge in [-0.1, -0.05) is 19.9 Å². The first-order valence-corrected chi connectivity index (χ1v) is 6.27. The minimum Gasteiger partial charge on any atom is -0.478 e. The first-order valence-electron chi connectivity index (χ1n) is 6.27. The van der Waals surface area contributed by atoms with E-state index in [-0.39, 0.29) is 11.5 Å². The molecule has 0 unspecified atom stereocenters. The third-order valence-electron chi connectivity index (χ3n) is 2.62. The van der Waals surface area contributed by atoms with Crippen molar-refractivity contribution in [2.45, 2.75) is 13.8 Å². The van der Waals surface area contributed by atoms with Crippen LogP contribution in [0.15, 0.2) is 24.3 Å². The zero-order valence-electron chi connectivity index (χ0n) is 11.8. The van der Waals surface area contributed by atoms with E-state index >= 15 is 0 Å². The number of nitrogens with zero attached hydrogens (tertiary/aromatic N) is 1. The summed E-state index contributed by atoms with van der Waals surface area (Å²) in [5.74, 6) is -1.85. The van der Waals surface area contributed by atoms with Crippen LogP contribution in [0.3, 0.4) is 0 Å². The second-order valence-corrected chi connectivity index (χ2v) is 4.99. The van der Waals surface area contributed by atoms with Gasteiger partial charge in [0.1, 0.15) is 5.82 Å². The summed E-state index contributed by atoms with van der Waals surface area (Å²) in [4.78, 5) is 24.0. The number of benzene rings is 1. The molecule has 1 N–H and O–H groups in total. The van der Waals surface area contributed by atoms with Crippen LogP contribution in [0.5, 0.6) is 0 Å². The van der Waals surface area contributed by atoms with Crippen LogP contribution in [0.1, 0.15) is 29.8 Å². The zero-order chi connectivity index (χ0) is 15.3. The summed E-state index contributed by atoms with van der Waals surface area (Å²) in [5, 5.41) is 8.56. The van der Waals surface area contributed by atoms with Crippen LogP contribution >= 0.6 is 0 Å². The highest BCUT2D eigenvalue weighted by Gasteiger charge is 2.17. The molecule has 20 heavy (non-hydrogen) atoms. The lowest BCUT2D eigenvalue weighted by atomic mass is 10.1. The van der Waals surface area contributed by atoms with E-state index in [1.54, 1.807) is 7.05 Å². The molecule has 0 aliphatic carbocycles. The minimum atomic E-state index is -1.10. The summed E-state index contributed by atoms with van der Waals surface area (Å²) >= 11 is 0. The van der Waals surface area contributed by atoms with Crippen LogP contribution in [0.2, 0.25) is 0 Å². The SMILES string of the molecule is CC(C)CN(C)C(=O)c1cc(C=CC(=O)O)ccc1F. The monoisotopic (exact) mass is 279 g/mol. The highest BCUT2D eigenvalue weighted by Crippen LogP contribution is 2.14. The fourth-order valence-electron chi connectivity index (χ4n) is 1.81. The van der Waals surface area contributed by atoms with Crippen molar-refractivity contribution in [3.8, 4) is 0 Å². The second-order valence-electron chi connectivity index (χ2n) is 4.99. The molecule has 108 valence electrons. The predicted molar refractivity (Wildman–Crippen MR) is 74.9 cm³/mol. The standard InChI is InChI=1S/C15H18FNO3/c1-10(2)9-17(3)15(20)12-8-11(4-6-13(12)16)5-7-14(18)19/h4-8,10H,9H2,1-3H3,(H,18,19). The number of aliphatic carboxylic acids is 1. The molecule has 0 aromatic heterocycles. The summed E-state index contributed by atoms with van der Waals surface area (Å²) in [6.45, 7) is 4.45. The summed E-state index contributed by atoms with van der Waals surface area (Å²) < 4.78 is 13.7. The Labute approximate surface area is 117 Å². The van der Waals surface area contributed by atoms with Crippen molar-refractivity contribution in [3.05, 3.63) is 41.2 Å². The third-order valence-corrected chi connectivity index (χ3v) is 2.62.